The summed E-state index contributed by atoms with van der Waals surface area (Å²) >= 11 is 0. The van der Waals surface area contributed by atoms with E-state index >= 15 is 0 Å². The fourth-order valence-corrected chi connectivity index (χ4v) is 3.34. The molecule has 0 radical (unpaired) electrons. The number of carbonyl (C=O) groups is 2. The largest absolute Gasteiger partial charge is 0.479 e. The molecule has 5 nitrogen and oxygen atoms in total. The van der Waals surface area contributed by atoms with Gasteiger partial charge < -0.3 is 15.0 Å². The van der Waals surface area contributed by atoms with Crippen LogP contribution in [-0.2, 0) is 9.59 Å². The van der Waals surface area contributed by atoms with Crippen LogP contribution >= 0.6 is 0 Å². The minimum Gasteiger partial charge on any atom is -0.479 e. The van der Waals surface area contributed by atoms with E-state index in [9.17, 15) is 9.59 Å². The molecule has 2 aromatic rings. The van der Waals surface area contributed by atoms with Crippen LogP contribution in [0.2, 0.25) is 0 Å². The minimum absolute atomic E-state index is 0.0128. The second kappa shape index (κ2) is 6.24. The Labute approximate surface area is 146 Å². The molecule has 25 heavy (non-hydrogen) atoms. The molecule has 0 bridgehead atoms. The van der Waals surface area contributed by atoms with Crippen LogP contribution in [0.15, 0.2) is 48.5 Å². The van der Waals surface area contributed by atoms with Gasteiger partial charge >= 0.3 is 0 Å². The van der Waals surface area contributed by atoms with Crippen LogP contribution in [0.1, 0.15) is 24.3 Å². The number of para-hydroxylation sites is 1. The zero-order valence-electron chi connectivity index (χ0n) is 14.1. The van der Waals surface area contributed by atoms with Crippen LogP contribution in [0, 0.1) is 5.92 Å². The van der Waals surface area contributed by atoms with Gasteiger partial charge in [0.25, 0.3) is 5.91 Å². The highest BCUT2D eigenvalue weighted by atomic mass is 16.5. The number of anilines is 2. The molecule has 0 spiro atoms. The molecular formula is C20H20N2O3. The second-order valence-corrected chi connectivity index (χ2v) is 6.61. The summed E-state index contributed by atoms with van der Waals surface area (Å²) in [6.07, 6.45) is 2.15. The maximum Gasteiger partial charge on any atom is 0.264 e. The van der Waals surface area contributed by atoms with Gasteiger partial charge in [0.05, 0.1) is 17.3 Å². The van der Waals surface area contributed by atoms with Crippen molar-refractivity contribution < 1.29 is 14.3 Å². The third-order valence-corrected chi connectivity index (χ3v) is 4.86. The minimum atomic E-state index is -0.153. The van der Waals surface area contributed by atoms with E-state index in [0.717, 1.165) is 18.4 Å². The van der Waals surface area contributed by atoms with E-state index in [4.69, 9.17) is 4.74 Å². The lowest BCUT2D eigenvalue weighted by atomic mass is 9.93. The molecular weight excluding hydrogens is 316 g/mol. The number of rotatable bonds is 4. The Morgan fingerprint density at radius 1 is 1.16 bits per heavy atom. The van der Waals surface area contributed by atoms with Gasteiger partial charge in [-0.2, -0.15) is 0 Å². The summed E-state index contributed by atoms with van der Waals surface area (Å²) < 4.78 is 5.59. The van der Waals surface area contributed by atoms with Gasteiger partial charge in [-0.15, -0.1) is 0 Å². The smallest absolute Gasteiger partial charge is 0.264 e. The third-order valence-electron chi connectivity index (χ3n) is 4.86. The first kappa shape index (κ1) is 15.7. The number of ether oxygens (including phenoxy) is 1. The summed E-state index contributed by atoms with van der Waals surface area (Å²) in [5, 5.41) is 3.02. The highest BCUT2D eigenvalue weighted by molar-refractivity contribution is 6.02. The number of benzene rings is 2. The van der Waals surface area contributed by atoms with Crippen molar-refractivity contribution in [2.24, 2.45) is 5.92 Å². The van der Waals surface area contributed by atoms with E-state index in [-0.39, 0.29) is 24.3 Å². The number of likely N-dealkylation sites (N-methyl/N-ethyl adjacent to an activating group) is 1. The summed E-state index contributed by atoms with van der Waals surface area (Å²) in [4.78, 5) is 26.3. The molecule has 2 aromatic carbocycles. The molecule has 2 aliphatic rings. The molecule has 0 saturated heterocycles. The molecule has 1 heterocycles. The average molecular weight is 336 g/mol. The van der Waals surface area contributed by atoms with E-state index in [1.807, 2.05) is 48.5 Å². The molecule has 0 aromatic heterocycles. The highest BCUT2D eigenvalue weighted by Gasteiger charge is 2.37. The molecule has 1 N–H and O–H groups in total. The molecule has 1 fully saturated rings. The van der Waals surface area contributed by atoms with Crippen molar-refractivity contribution in [1.29, 1.82) is 0 Å². The standard InChI is InChI=1S/C20H20N2O3/c1-22-16-9-5-8-15(19(16)25-12-17(22)23)21-20(24)18(14-10-11-14)13-6-3-2-4-7-13/h2-9,14,18H,10-12H2,1H3,(H,21,24). The van der Waals surface area contributed by atoms with Gasteiger partial charge in [0.1, 0.15) is 0 Å². The molecule has 5 heteroatoms. The van der Waals surface area contributed by atoms with Crippen molar-refractivity contribution in [1.82, 2.24) is 0 Å². The van der Waals surface area contributed by atoms with E-state index in [2.05, 4.69) is 5.32 Å². The van der Waals surface area contributed by atoms with E-state index in [1.54, 1.807) is 11.9 Å². The lowest BCUT2D eigenvalue weighted by molar-refractivity contribution is -0.121. The molecule has 2 amide bonds. The molecule has 1 aliphatic heterocycles. The number of hydrogen-bond acceptors (Lipinski definition) is 3. The predicted octanol–water partition coefficient (Wildman–Crippen LogP) is 3.17. The molecule has 1 unspecified atom stereocenters. The fourth-order valence-electron chi connectivity index (χ4n) is 3.34. The van der Waals surface area contributed by atoms with E-state index < -0.39 is 0 Å². The van der Waals surface area contributed by atoms with Crippen LogP contribution in [0.5, 0.6) is 5.75 Å². The average Bonchev–Trinajstić information content (AvgIpc) is 3.45. The molecule has 1 saturated carbocycles. The highest BCUT2D eigenvalue weighted by Crippen LogP contribution is 2.44. The van der Waals surface area contributed by atoms with Gasteiger partial charge in [-0.25, -0.2) is 0 Å². The van der Waals surface area contributed by atoms with Gasteiger partial charge in [-0.3, -0.25) is 9.59 Å². The monoisotopic (exact) mass is 336 g/mol. The zero-order chi connectivity index (χ0) is 17.4. The fraction of sp³-hybridized carbons (Fsp3) is 0.300. The summed E-state index contributed by atoms with van der Waals surface area (Å²) in [5.74, 6) is 0.675. The number of carbonyl (C=O) groups excluding carboxylic acids is 2. The Morgan fingerprint density at radius 2 is 1.92 bits per heavy atom. The van der Waals surface area contributed by atoms with Crippen LogP contribution in [-0.4, -0.2) is 25.5 Å². The number of hydrogen-bond donors (Lipinski definition) is 1. The van der Waals surface area contributed by atoms with E-state index in [1.165, 1.54) is 0 Å². The Hall–Kier alpha value is -2.82. The second-order valence-electron chi connectivity index (χ2n) is 6.61. The number of nitrogens with one attached hydrogen (secondary N) is 1. The summed E-state index contributed by atoms with van der Waals surface area (Å²) in [6.45, 7) is -0.0128. The number of amides is 2. The Balaban J connectivity index is 1.62. The first-order valence-corrected chi connectivity index (χ1v) is 8.53. The lowest BCUT2D eigenvalue weighted by Gasteiger charge is -2.28. The van der Waals surface area contributed by atoms with Crippen LogP contribution in [0.3, 0.4) is 0 Å². The van der Waals surface area contributed by atoms with Crippen LogP contribution in [0.25, 0.3) is 0 Å². The van der Waals surface area contributed by atoms with Crippen LogP contribution in [0.4, 0.5) is 11.4 Å². The summed E-state index contributed by atoms with van der Waals surface area (Å²) in [7, 11) is 1.71. The van der Waals surface area contributed by atoms with Crippen molar-refractivity contribution in [3.8, 4) is 5.75 Å². The summed E-state index contributed by atoms with van der Waals surface area (Å²) in [6, 6.07) is 15.4. The first-order chi connectivity index (χ1) is 12.1. The maximum absolute atomic E-state index is 13.0. The number of fused-ring (bicyclic) bond motifs is 1. The zero-order valence-corrected chi connectivity index (χ0v) is 14.1. The Morgan fingerprint density at radius 3 is 2.64 bits per heavy atom. The van der Waals surface area contributed by atoms with Crippen molar-refractivity contribution >= 4 is 23.2 Å². The van der Waals surface area contributed by atoms with Gasteiger partial charge in [0, 0.05) is 7.05 Å². The predicted molar refractivity (Wildman–Crippen MR) is 95.9 cm³/mol. The molecule has 128 valence electrons. The lowest BCUT2D eigenvalue weighted by Crippen LogP contribution is -2.36. The van der Waals surface area contributed by atoms with E-state index in [0.29, 0.717) is 23.0 Å². The van der Waals surface area contributed by atoms with Crippen molar-refractivity contribution in [3.63, 3.8) is 0 Å². The van der Waals surface area contributed by atoms with Crippen molar-refractivity contribution in [2.45, 2.75) is 18.8 Å². The Bertz CT molecular complexity index is 815. The first-order valence-electron chi connectivity index (χ1n) is 8.53. The maximum atomic E-state index is 13.0. The topological polar surface area (TPSA) is 58.6 Å². The van der Waals surface area contributed by atoms with Crippen LogP contribution < -0.4 is 15.0 Å². The summed E-state index contributed by atoms with van der Waals surface area (Å²) in [5.41, 5.74) is 2.33. The van der Waals surface area contributed by atoms with Gasteiger partial charge in [-0.05, 0) is 36.5 Å². The molecule has 1 aliphatic carbocycles. The quantitative estimate of drug-likeness (QED) is 0.933. The van der Waals surface area contributed by atoms with Gasteiger partial charge in [-0.1, -0.05) is 36.4 Å². The Kier molecular flexibility index (Phi) is 3.92. The van der Waals surface area contributed by atoms with Crippen molar-refractivity contribution in [3.05, 3.63) is 54.1 Å². The van der Waals surface area contributed by atoms with Crippen molar-refractivity contribution in [2.75, 3.05) is 23.9 Å². The molecule has 1 atom stereocenters. The molecule has 4 rings (SSSR count). The third kappa shape index (κ3) is 2.97. The van der Waals surface area contributed by atoms with Gasteiger partial charge in [0.2, 0.25) is 5.91 Å². The van der Waals surface area contributed by atoms with Gasteiger partial charge in [0.15, 0.2) is 12.4 Å². The SMILES string of the molecule is CN1C(=O)COc2c(NC(=O)C(c3ccccc3)C3CC3)cccc21. The number of nitrogens with zero attached hydrogens (tertiary/aromatic N) is 1. The normalized spacial score (nSPS) is 17.5.